The number of rotatable bonds is 7. The third-order valence-electron chi connectivity index (χ3n) is 3.74. The Morgan fingerprint density at radius 1 is 1.30 bits per heavy atom. The summed E-state index contributed by atoms with van der Waals surface area (Å²) in [6, 6.07) is 9.19. The van der Waals surface area contributed by atoms with E-state index in [1.54, 1.807) is 24.3 Å². The zero-order valence-corrected chi connectivity index (χ0v) is 13.3. The maximum atomic E-state index is 11.8. The Hall–Kier alpha value is -2.54. The zero-order valence-electron chi connectivity index (χ0n) is 13.3. The summed E-state index contributed by atoms with van der Waals surface area (Å²) in [5.41, 5.74) is 2.38. The molecule has 0 aromatic heterocycles. The van der Waals surface area contributed by atoms with Gasteiger partial charge in [-0.05, 0) is 55.9 Å². The number of hydrogen-bond acceptors (Lipinski definition) is 3. The van der Waals surface area contributed by atoms with Gasteiger partial charge in [-0.15, -0.1) is 0 Å². The van der Waals surface area contributed by atoms with Crippen molar-refractivity contribution >= 4 is 12.0 Å². The number of nitriles is 1. The molecule has 4 nitrogen and oxygen atoms in total. The predicted molar refractivity (Wildman–Crippen MR) is 90.8 cm³/mol. The van der Waals surface area contributed by atoms with E-state index in [2.05, 4.69) is 11.4 Å². The Bertz CT molecular complexity index is 609. The number of nitrogens with one attached hydrogen (secondary N) is 1. The molecule has 2 rings (SSSR count). The molecule has 23 heavy (non-hydrogen) atoms. The molecule has 4 heteroatoms. The topological polar surface area (TPSA) is 62.1 Å². The molecule has 0 bridgehead atoms. The number of amides is 1. The van der Waals surface area contributed by atoms with E-state index < -0.39 is 0 Å². The molecule has 0 atom stereocenters. The van der Waals surface area contributed by atoms with Crippen LogP contribution in [0, 0.1) is 11.3 Å². The molecule has 1 aliphatic carbocycles. The fraction of sp³-hybridized carbons (Fsp3) is 0.368. The SMILES string of the molecule is N#CCOc1ccc(/C=C/C(=O)NCCC2=CCCCC2)cc1. The maximum Gasteiger partial charge on any atom is 0.244 e. The number of carbonyl (C=O) groups excluding carboxylic acids is 1. The number of hydrogen-bond donors (Lipinski definition) is 1. The molecule has 0 unspecified atom stereocenters. The van der Waals surface area contributed by atoms with E-state index in [0.29, 0.717) is 12.3 Å². The molecular weight excluding hydrogens is 288 g/mol. The summed E-state index contributed by atoms with van der Waals surface area (Å²) in [6.45, 7) is 0.726. The lowest BCUT2D eigenvalue weighted by Gasteiger charge is -2.12. The highest BCUT2D eigenvalue weighted by molar-refractivity contribution is 5.91. The molecule has 0 saturated carbocycles. The average Bonchev–Trinajstić information content (AvgIpc) is 2.60. The van der Waals surface area contributed by atoms with Crippen LogP contribution >= 0.6 is 0 Å². The Labute approximate surface area is 137 Å². The van der Waals surface area contributed by atoms with E-state index >= 15 is 0 Å². The zero-order chi connectivity index (χ0) is 16.3. The van der Waals surface area contributed by atoms with Crippen molar-refractivity contribution in [3.63, 3.8) is 0 Å². The third kappa shape index (κ3) is 6.39. The molecule has 1 aromatic carbocycles. The summed E-state index contributed by atoms with van der Waals surface area (Å²) in [5.74, 6) is 0.570. The van der Waals surface area contributed by atoms with Crippen molar-refractivity contribution in [2.24, 2.45) is 0 Å². The van der Waals surface area contributed by atoms with E-state index in [4.69, 9.17) is 10.00 Å². The first-order valence-corrected chi connectivity index (χ1v) is 8.01. The highest BCUT2D eigenvalue weighted by atomic mass is 16.5. The maximum absolute atomic E-state index is 11.8. The Morgan fingerprint density at radius 2 is 2.13 bits per heavy atom. The van der Waals surface area contributed by atoms with E-state index in [1.807, 2.05) is 18.2 Å². The van der Waals surface area contributed by atoms with Gasteiger partial charge in [0.2, 0.25) is 5.91 Å². The number of allylic oxidation sites excluding steroid dienone is 1. The van der Waals surface area contributed by atoms with Gasteiger partial charge in [0.25, 0.3) is 0 Å². The van der Waals surface area contributed by atoms with Gasteiger partial charge in [-0.1, -0.05) is 23.8 Å². The lowest BCUT2D eigenvalue weighted by molar-refractivity contribution is -0.116. The van der Waals surface area contributed by atoms with Crippen molar-refractivity contribution in [1.82, 2.24) is 5.32 Å². The second-order valence-electron chi connectivity index (χ2n) is 5.50. The van der Waals surface area contributed by atoms with E-state index in [-0.39, 0.29) is 12.5 Å². The molecule has 1 aliphatic rings. The van der Waals surface area contributed by atoms with Crippen LogP contribution in [0.2, 0.25) is 0 Å². The first kappa shape index (κ1) is 16.8. The summed E-state index contributed by atoms with van der Waals surface area (Å²) in [5, 5.41) is 11.4. The fourth-order valence-corrected chi connectivity index (χ4v) is 2.50. The number of benzene rings is 1. The van der Waals surface area contributed by atoms with Gasteiger partial charge < -0.3 is 10.1 Å². The summed E-state index contributed by atoms with van der Waals surface area (Å²) >= 11 is 0. The highest BCUT2D eigenvalue weighted by Gasteiger charge is 2.03. The van der Waals surface area contributed by atoms with Crippen LogP contribution in [-0.4, -0.2) is 19.1 Å². The van der Waals surface area contributed by atoms with Gasteiger partial charge in [-0.3, -0.25) is 4.79 Å². The highest BCUT2D eigenvalue weighted by Crippen LogP contribution is 2.19. The van der Waals surface area contributed by atoms with Crippen LogP contribution in [0.4, 0.5) is 0 Å². The first-order valence-electron chi connectivity index (χ1n) is 8.01. The van der Waals surface area contributed by atoms with E-state index in [1.165, 1.54) is 31.3 Å². The Balaban J connectivity index is 1.72. The second-order valence-corrected chi connectivity index (χ2v) is 5.50. The summed E-state index contributed by atoms with van der Waals surface area (Å²) in [6.07, 6.45) is 11.5. The molecule has 0 fully saturated rings. The minimum absolute atomic E-state index is 0.0357. The van der Waals surface area contributed by atoms with Crippen LogP contribution in [0.1, 0.15) is 37.7 Å². The molecule has 120 valence electrons. The summed E-state index contributed by atoms with van der Waals surface area (Å²) in [4.78, 5) is 11.8. The Kier molecular flexibility index (Phi) is 6.93. The van der Waals surface area contributed by atoms with Crippen molar-refractivity contribution in [3.05, 3.63) is 47.6 Å². The molecule has 0 spiro atoms. The molecule has 0 aliphatic heterocycles. The summed E-state index contributed by atoms with van der Waals surface area (Å²) in [7, 11) is 0. The van der Waals surface area contributed by atoms with E-state index in [0.717, 1.165) is 12.0 Å². The Morgan fingerprint density at radius 3 is 2.83 bits per heavy atom. The van der Waals surface area contributed by atoms with Crippen LogP contribution in [0.15, 0.2) is 42.0 Å². The first-order chi connectivity index (χ1) is 11.3. The van der Waals surface area contributed by atoms with Gasteiger partial charge in [-0.2, -0.15) is 5.26 Å². The normalized spacial score (nSPS) is 14.1. The molecule has 0 saturated heterocycles. The second kappa shape index (κ2) is 9.47. The van der Waals surface area contributed by atoms with Gasteiger partial charge >= 0.3 is 0 Å². The average molecular weight is 310 g/mol. The largest absolute Gasteiger partial charge is 0.479 e. The van der Waals surface area contributed by atoms with Gasteiger partial charge in [0, 0.05) is 12.6 Å². The van der Waals surface area contributed by atoms with Gasteiger partial charge in [0.15, 0.2) is 6.61 Å². The number of ether oxygens (including phenoxy) is 1. The van der Waals surface area contributed by atoms with Crippen LogP contribution in [0.5, 0.6) is 5.75 Å². The van der Waals surface area contributed by atoms with Crippen LogP contribution < -0.4 is 10.1 Å². The lowest BCUT2D eigenvalue weighted by Crippen LogP contribution is -2.22. The van der Waals surface area contributed by atoms with Crippen molar-refractivity contribution in [2.45, 2.75) is 32.1 Å². The van der Waals surface area contributed by atoms with Crippen molar-refractivity contribution in [2.75, 3.05) is 13.2 Å². The van der Waals surface area contributed by atoms with Crippen molar-refractivity contribution in [1.29, 1.82) is 5.26 Å². The molecule has 1 amide bonds. The third-order valence-corrected chi connectivity index (χ3v) is 3.74. The molecule has 1 aromatic rings. The van der Waals surface area contributed by atoms with Gasteiger partial charge in [-0.25, -0.2) is 0 Å². The van der Waals surface area contributed by atoms with Gasteiger partial charge in [0.1, 0.15) is 11.8 Å². The number of carbonyl (C=O) groups is 1. The van der Waals surface area contributed by atoms with Crippen molar-refractivity contribution < 1.29 is 9.53 Å². The quantitative estimate of drug-likeness (QED) is 0.618. The van der Waals surface area contributed by atoms with Crippen molar-refractivity contribution in [3.8, 4) is 11.8 Å². The van der Waals surface area contributed by atoms with Crippen LogP contribution in [-0.2, 0) is 4.79 Å². The lowest BCUT2D eigenvalue weighted by atomic mass is 9.97. The number of nitrogens with zero attached hydrogens (tertiary/aromatic N) is 1. The smallest absolute Gasteiger partial charge is 0.244 e. The van der Waals surface area contributed by atoms with Gasteiger partial charge in [0.05, 0.1) is 0 Å². The van der Waals surface area contributed by atoms with Crippen LogP contribution in [0.3, 0.4) is 0 Å². The molecule has 1 N–H and O–H groups in total. The standard InChI is InChI=1S/C19H22N2O2/c20-13-15-23-18-9-6-17(7-10-18)8-11-19(22)21-14-12-16-4-2-1-3-5-16/h4,6-11H,1-3,5,12,14-15H2,(H,21,22)/b11-8+. The minimum Gasteiger partial charge on any atom is -0.479 e. The molecule has 0 heterocycles. The molecule has 0 radical (unpaired) electrons. The van der Waals surface area contributed by atoms with Crippen LogP contribution in [0.25, 0.3) is 6.08 Å². The fourth-order valence-electron chi connectivity index (χ4n) is 2.50. The summed E-state index contributed by atoms with van der Waals surface area (Å²) < 4.78 is 5.18. The minimum atomic E-state index is -0.0776. The van der Waals surface area contributed by atoms with E-state index in [9.17, 15) is 4.79 Å². The molecular formula is C19H22N2O2. The monoisotopic (exact) mass is 310 g/mol. The predicted octanol–water partition coefficient (Wildman–Crippen LogP) is 3.61.